The second kappa shape index (κ2) is 21.2. The lowest BCUT2D eigenvalue weighted by molar-refractivity contribution is -0.147. The van der Waals surface area contributed by atoms with E-state index in [2.05, 4.69) is 6.92 Å². The summed E-state index contributed by atoms with van der Waals surface area (Å²) in [5, 5.41) is 37.4. The normalized spacial score (nSPS) is 15.6. The number of ether oxygens (including phenoxy) is 1. The number of rotatable bonds is 18. The first-order valence-corrected chi connectivity index (χ1v) is 11.1. The third kappa shape index (κ3) is 21.0. The quantitative estimate of drug-likeness (QED) is 0.113. The molecule has 0 aromatic rings. The van der Waals surface area contributed by atoms with Crippen LogP contribution in [0.25, 0.3) is 0 Å². The molecule has 6 nitrogen and oxygen atoms in total. The van der Waals surface area contributed by atoms with Crippen LogP contribution < -0.4 is 0 Å². The number of allylic oxidation sites excluding steroid dienone is 7. The van der Waals surface area contributed by atoms with E-state index in [1.807, 2.05) is 48.6 Å². The Labute approximate surface area is 187 Å². The van der Waals surface area contributed by atoms with Crippen molar-refractivity contribution in [2.24, 2.45) is 0 Å². The van der Waals surface area contributed by atoms with Crippen molar-refractivity contribution >= 4 is 5.97 Å². The lowest BCUT2D eigenvalue weighted by Crippen LogP contribution is -2.21. The van der Waals surface area contributed by atoms with Crippen LogP contribution in [0.4, 0.5) is 0 Å². The van der Waals surface area contributed by atoms with Gasteiger partial charge in [-0.1, -0.05) is 80.5 Å². The second-order valence-corrected chi connectivity index (χ2v) is 7.23. The molecule has 4 N–H and O–H groups in total. The van der Waals surface area contributed by atoms with Crippen LogP contribution in [0, 0.1) is 0 Å². The van der Waals surface area contributed by atoms with Crippen LogP contribution in [0.5, 0.6) is 0 Å². The number of unbranched alkanes of at least 4 members (excludes halogenated alkanes) is 2. The molecule has 0 aliphatic rings. The first-order valence-electron chi connectivity index (χ1n) is 11.1. The molecule has 3 unspecified atom stereocenters. The Kier molecular flexibility index (Phi) is 19.9. The SMILES string of the molecule is CCC=CC=CC(O)CC=CCC=CC=CC(O)CCCCCC(=O)OCC(O)CO. The molecular weight excluding hydrogens is 396 g/mol. The minimum Gasteiger partial charge on any atom is -0.463 e. The van der Waals surface area contributed by atoms with Gasteiger partial charge < -0.3 is 25.2 Å². The van der Waals surface area contributed by atoms with Crippen LogP contribution in [0.3, 0.4) is 0 Å². The fourth-order valence-electron chi connectivity index (χ4n) is 2.46. The minimum absolute atomic E-state index is 0.182. The zero-order valence-corrected chi connectivity index (χ0v) is 18.7. The largest absolute Gasteiger partial charge is 0.463 e. The molecule has 0 aliphatic heterocycles. The summed E-state index contributed by atoms with van der Waals surface area (Å²) in [6.07, 6.45) is 22.4. The zero-order valence-electron chi connectivity index (χ0n) is 18.7. The molecule has 0 amide bonds. The van der Waals surface area contributed by atoms with Gasteiger partial charge >= 0.3 is 5.97 Å². The standard InChI is InChI=1S/C25H40O6/c1-2-3-4-10-15-22(27)16-11-7-5-6-8-12-17-23(28)18-13-9-14-19-25(30)31-21-24(29)20-26/h3-4,6-8,10-12,15,17,22-24,26-29H,2,5,9,13-14,16,18-21H2,1H3. The Balaban J connectivity index is 3.75. The highest BCUT2D eigenvalue weighted by Crippen LogP contribution is 2.08. The van der Waals surface area contributed by atoms with E-state index in [0.29, 0.717) is 19.3 Å². The summed E-state index contributed by atoms with van der Waals surface area (Å²) in [5.74, 6) is -0.387. The average molecular weight is 437 g/mol. The lowest BCUT2D eigenvalue weighted by Gasteiger charge is -2.08. The maximum Gasteiger partial charge on any atom is 0.305 e. The van der Waals surface area contributed by atoms with Gasteiger partial charge in [-0.25, -0.2) is 0 Å². The molecule has 0 heterocycles. The van der Waals surface area contributed by atoms with Crippen molar-refractivity contribution < 1.29 is 30.0 Å². The smallest absolute Gasteiger partial charge is 0.305 e. The van der Waals surface area contributed by atoms with Gasteiger partial charge in [0.2, 0.25) is 0 Å². The molecule has 0 saturated carbocycles. The molecule has 6 heteroatoms. The predicted molar refractivity (Wildman–Crippen MR) is 124 cm³/mol. The van der Waals surface area contributed by atoms with Gasteiger partial charge in [0, 0.05) is 6.42 Å². The molecule has 0 aromatic heterocycles. The molecule has 176 valence electrons. The van der Waals surface area contributed by atoms with E-state index < -0.39 is 24.9 Å². The van der Waals surface area contributed by atoms with E-state index in [9.17, 15) is 15.0 Å². The number of carbonyl (C=O) groups excluding carboxylic acids is 1. The highest BCUT2D eigenvalue weighted by Gasteiger charge is 2.07. The van der Waals surface area contributed by atoms with Gasteiger partial charge in [0.1, 0.15) is 12.7 Å². The van der Waals surface area contributed by atoms with Gasteiger partial charge in [0.25, 0.3) is 0 Å². The maximum atomic E-state index is 11.4. The first-order chi connectivity index (χ1) is 15.0. The van der Waals surface area contributed by atoms with E-state index in [0.717, 1.165) is 25.7 Å². The summed E-state index contributed by atoms with van der Waals surface area (Å²) in [5.41, 5.74) is 0. The molecule has 0 aromatic carbocycles. The zero-order chi connectivity index (χ0) is 23.2. The van der Waals surface area contributed by atoms with Crippen molar-refractivity contribution in [3.05, 3.63) is 60.8 Å². The van der Waals surface area contributed by atoms with Crippen molar-refractivity contribution in [1.82, 2.24) is 0 Å². The lowest BCUT2D eigenvalue weighted by atomic mass is 10.1. The Morgan fingerprint density at radius 2 is 1.58 bits per heavy atom. The molecule has 0 saturated heterocycles. The van der Waals surface area contributed by atoms with Crippen LogP contribution >= 0.6 is 0 Å². The number of hydrogen-bond acceptors (Lipinski definition) is 6. The van der Waals surface area contributed by atoms with Gasteiger partial charge in [0.05, 0.1) is 18.8 Å². The summed E-state index contributed by atoms with van der Waals surface area (Å²) in [6, 6.07) is 0. The van der Waals surface area contributed by atoms with Gasteiger partial charge in [-0.05, 0) is 32.1 Å². The Morgan fingerprint density at radius 3 is 2.29 bits per heavy atom. The molecule has 0 rings (SSSR count). The number of aliphatic hydroxyl groups excluding tert-OH is 4. The molecule has 0 aliphatic carbocycles. The van der Waals surface area contributed by atoms with E-state index in [1.165, 1.54) is 0 Å². The molecule has 0 bridgehead atoms. The predicted octanol–water partition coefficient (Wildman–Crippen LogP) is 3.53. The highest BCUT2D eigenvalue weighted by molar-refractivity contribution is 5.69. The van der Waals surface area contributed by atoms with Crippen molar-refractivity contribution in [3.63, 3.8) is 0 Å². The number of esters is 1. The molecule has 3 atom stereocenters. The van der Waals surface area contributed by atoms with Crippen LogP contribution in [0.2, 0.25) is 0 Å². The van der Waals surface area contributed by atoms with E-state index in [1.54, 1.807) is 12.2 Å². The third-order valence-corrected chi connectivity index (χ3v) is 4.24. The fraction of sp³-hybridized carbons (Fsp3) is 0.560. The maximum absolute atomic E-state index is 11.4. The van der Waals surface area contributed by atoms with E-state index >= 15 is 0 Å². The van der Waals surface area contributed by atoms with Crippen molar-refractivity contribution in [3.8, 4) is 0 Å². The van der Waals surface area contributed by atoms with Gasteiger partial charge in [-0.15, -0.1) is 0 Å². The number of carbonyl (C=O) groups is 1. The summed E-state index contributed by atoms with van der Waals surface area (Å²) < 4.78 is 4.82. The van der Waals surface area contributed by atoms with Crippen LogP contribution in [0.15, 0.2) is 60.8 Å². The molecular formula is C25H40O6. The average Bonchev–Trinajstić information content (AvgIpc) is 2.76. The van der Waals surface area contributed by atoms with Crippen LogP contribution in [-0.4, -0.2) is 57.9 Å². The fourth-order valence-corrected chi connectivity index (χ4v) is 2.46. The van der Waals surface area contributed by atoms with Gasteiger partial charge in [-0.2, -0.15) is 0 Å². The summed E-state index contributed by atoms with van der Waals surface area (Å²) >= 11 is 0. The van der Waals surface area contributed by atoms with E-state index in [4.69, 9.17) is 14.9 Å². The van der Waals surface area contributed by atoms with Crippen LogP contribution in [-0.2, 0) is 9.53 Å². The van der Waals surface area contributed by atoms with Gasteiger partial charge in [0.15, 0.2) is 0 Å². The summed E-state index contributed by atoms with van der Waals surface area (Å²) in [7, 11) is 0. The molecule has 0 fully saturated rings. The van der Waals surface area contributed by atoms with Crippen molar-refractivity contribution in [1.29, 1.82) is 0 Å². The molecule has 0 radical (unpaired) electrons. The van der Waals surface area contributed by atoms with Crippen LogP contribution in [0.1, 0.15) is 58.3 Å². The molecule has 0 spiro atoms. The third-order valence-electron chi connectivity index (χ3n) is 4.24. The summed E-state index contributed by atoms with van der Waals surface area (Å²) in [6.45, 7) is 1.45. The van der Waals surface area contributed by atoms with Crippen molar-refractivity contribution in [2.45, 2.75) is 76.6 Å². The summed E-state index contributed by atoms with van der Waals surface area (Å²) in [4.78, 5) is 11.4. The number of aliphatic hydroxyl groups is 4. The Bertz CT molecular complexity index is 577. The minimum atomic E-state index is -1.02. The highest BCUT2D eigenvalue weighted by atomic mass is 16.5. The Morgan fingerprint density at radius 1 is 0.871 bits per heavy atom. The van der Waals surface area contributed by atoms with Crippen molar-refractivity contribution in [2.75, 3.05) is 13.2 Å². The van der Waals surface area contributed by atoms with E-state index in [-0.39, 0.29) is 19.0 Å². The number of hydrogen-bond donors (Lipinski definition) is 4. The Hall–Kier alpha value is -1.99. The second-order valence-electron chi connectivity index (χ2n) is 7.23. The molecule has 31 heavy (non-hydrogen) atoms. The topological polar surface area (TPSA) is 107 Å². The monoisotopic (exact) mass is 436 g/mol. The first kappa shape index (κ1) is 29.0. The van der Waals surface area contributed by atoms with Gasteiger partial charge in [-0.3, -0.25) is 4.79 Å².